The van der Waals surface area contributed by atoms with Gasteiger partial charge in [-0.25, -0.2) is 0 Å². The molecule has 0 bridgehead atoms. The number of aldehydes is 1. The van der Waals surface area contributed by atoms with E-state index in [-0.39, 0.29) is 0 Å². The Hall–Kier alpha value is -2.31. The van der Waals surface area contributed by atoms with E-state index in [2.05, 4.69) is 15.6 Å². The maximum Gasteiger partial charge on any atom is 0.171 e. The summed E-state index contributed by atoms with van der Waals surface area (Å²) >= 11 is 0. The van der Waals surface area contributed by atoms with Crippen LogP contribution in [0.15, 0.2) is 29.9 Å². The normalized spacial score (nSPS) is 12.5. The van der Waals surface area contributed by atoms with Gasteiger partial charge in [0.05, 0.1) is 12.0 Å². The van der Waals surface area contributed by atoms with E-state index in [0.29, 0.717) is 17.8 Å². The van der Waals surface area contributed by atoms with Gasteiger partial charge in [0.1, 0.15) is 5.69 Å². The molecule has 1 aromatic heterocycles. The third-order valence-electron chi connectivity index (χ3n) is 2.55. The standard InChI is InChI=1S/C12H20N6O/c1-15-12(14)6-5-10(13)4-2-3-7-18-8-11(9-19)16-17-18/h5-6,8-9,15H,2-4,7,13-14H2,1H3/b10-5-,12-6+. The minimum atomic E-state index is 0.354. The number of allylic oxidation sites excluding steroid dienone is 3. The van der Waals surface area contributed by atoms with Crippen LogP contribution in [0.4, 0.5) is 0 Å². The Morgan fingerprint density at radius 2 is 2.21 bits per heavy atom. The fraction of sp³-hybridized carbons (Fsp3) is 0.417. The summed E-state index contributed by atoms with van der Waals surface area (Å²) in [5.74, 6) is 0.576. The first-order valence-corrected chi connectivity index (χ1v) is 6.10. The van der Waals surface area contributed by atoms with Gasteiger partial charge in [0.25, 0.3) is 0 Å². The minimum Gasteiger partial charge on any atom is -0.402 e. The SMILES string of the molecule is CN/C(N)=C/C=C(\N)CCCCn1cc(C=O)nn1. The first-order chi connectivity index (χ1) is 9.15. The van der Waals surface area contributed by atoms with E-state index in [0.717, 1.165) is 31.5 Å². The molecule has 5 N–H and O–H groups in total. The molecule has 1 heterocycles. The number of hydrogen-bond donors (Lipinski definition) is 3. The lowest BCUT2D eigenvalue weighted by Crippen LogP contribution is -2.14. The van der Waals surface area contributed by atoms with Crippen molar-refractivity contribution < 1.29 is 4.79 Å². The minimum absolute atomic E-state index is 0.354. The second kappa shape index (κ2) is 7.91. The van der Waals surface area contributed by atoms with Crippen LogP contribution in [0.1, 0.15) is 29.8 Å². The molecule has 0 aliphatic carbocycles. The fourth-order valence-corrected chi connectivity index (χ4v) is 1.44. The third kappa shape index (κ3) is 5.71. The molecular formula is C12H20N6O. The summed E-state index contributed by atoms with van der Waals surface area (Å²) in [7, 11) is 1.75. The topological polar surface area (TPSA) is 112 Å². The summed E-state index contributed by atoms with van der Waals surface area (Å²) in [6, 6.07) is 0. The van der Waals surface area contributed by atoms with Crippen molar-refractivity contribution in [3.8, 4) is 0 Å². The number of carbonyl (C=O) groups is 1. The highest BCUT2D eigenvalue weighted by Crippen LogP contribution is 2.04. The average molecular weight is 264 g/mol. The molecule has 0 saturated heterocycles. The van der Waals surface area contributed by atoms with Crippen molar-refractivity contribution in [1.29, 1.82) is 0 Å². The molecule has 104 valence electrons. The molecule has 19 heavy (non-hydrogen) atoms. The van der Waals surface area contributed by atoms with Crippen LogP contribution >= 0.6 is 0 Å². The molecule has 0 radical (unpaired) electrons. The molecule has 7 heteroatoms. The van der Waals surface area contributed by atoms with Gasteiger partial charge in [-0.3, -0.25) is 9.48 Å². The van der Waals surface area contributed by atoms with Crippen LogP contribution in [0, 0.1) is 0 Å². The highest BCUT2D eigenvalue weighted by molar-refractivity contribution is 5.70. The molecule has 0 aromatic carbocycles. The Balaban J connectivity index is 2.25. The summed E-state index contributed by atoms with van der Waals surface area (Å²) in [5.41, 5.74) is 12.5. The maximum absolute atomic E-state index is 10.4. The molecule has 0 amide bonds. The molecule has 0 atom stereocenters. The number of aromatic nitrogens is 3. The smallest absolute Gasteiger partial charge is 0.171 e. The zero-order chi connectivity index (χ0) is 14.1. The van der Waals surface area contributed by atoms with E-state index >= 15 is 0 Å². The number of carbonyl (C=O) groups excluding carboxylic acids is 1. The molecule has 1 rings (SSSR count). The number of aryl methyl sites for hydroxylation is 1. The van der Waals surface area contributed by atoms with Gasteiger partial charge >= 0.3 is 0 Å². The third-order valence-corrected chi connectivity index (χ3v) is 2.55. The van der Waals surface area contributed by atoms with Gasteiger partial charge < -0.3 is 16.8 Å². The molecule has 0 saturated carbocycles. The van der Waals surface area contributed by atoms with Crippen LogP contribution in [0.25, 0.3) is 0 Å². The van der Waals surface area contributed by atoms with Crippen LogP contribution in [0.2, 0.25) is 0 Å². The molecule has 1 aromatic rings. The number of nitrogens with one attached hydrogen (secondary N) is 1. The van der Waals surface area contributed by atoms with Gasteiger partial charge in [0.15, 0.2) is 6.29 Å². The summed E-state index contributed by atoms with van der Waals surface area (Å²) < 4.78 is 1.66. The number of rotatable bonds is 8. The Labute approximate surface area is 112 Å². The number of nitrogens with zero attached hydrogens (tertiary/aromatic N) is 3. The van der Waals surface area contributed by atoms with Crippen LogP contribution in [0.5, 0.6) is 0 Å². The van der Waals surface area contributed by atoms with Crippen molar-refractivity contribution in [2.75, 3.05) is 7.05 Å². The molecule has 7 nitrogen and oxygen atoms in total. The van der Waals surface area contributed by atoms with E-state index in [4.69, 9.17) is 11.5 Å². The average Bonchev–Trinajstić information content (AvgIpc) is 2.88. The van der Waals surface area contributed by atoms with E-state index in [1.807, 2.05) is 0 Å². The van der Waals surface area contributed by atoms with Crippen LogP contribution in [0.3, 0.4) is 0 Å². The highest BCUT2D eigenvalue weighted by Gasteiger charge is 1.98. The predicted molar refractivity (Wildman–Crippen MR) is 72.9 cm³/mol. The van der Waals surface area contributed by atoms with Crippen molar-refractivity contribution in [3.05, 3.63) is 35.6 Å². The van der Waals surface area contributed by atoms with Crippen molar-refractivity contribution in [2.45, 2.75) is 25.8 Å². The van der Waals surface area contributed by atoms with Gasteiger partial charge in [0.2, 0.25) is 0 Å². The Kier molecular flexibility index (Phi) is 6.14. The largest absolute Gasteiger partial charge is 0.402 e. The van der Waals surface area contributed by atoms with Crippen molar-refractivity contribution in [2.24, 2.45) is 11.5 Å². The monoisotopic (exact) mass is 264 g/mol. The van der Waals surface area contributed by atoms with Crippen molar-refractivity contribution >= 4 is 6.29 Å². The molecule has 0 spiro atoms. The quantitative estimate of drug-likeness (QED) is 0.349. The molecule has 0 fully saturated rings. The maximum atomic E-state index is 10.4. The van der Waals surface area contributed by atoms with E-state index in [1.54, 1.807) is 30.1 Å². The highest BCUT2D eigenvalue weighted by atomic mass is 16.1. The second-order valence-corrected chi connectivity index (χ2v) is 4.10. The molecule has 0 aliphatic rings. The lowest BCUT2D eigenvalue weighted by Gasteiger charge is -2.02. The molecule has 0 unspecified atom stereocenters. The number of unbranched alkanes of at least 4 members (excludes halogenated alkanes) is 1. The lowest BCUT2D eigenvalue weighted by molar-refractivity contribution is 0.111. The Morgan fingerprint density at radius 3 is 2.84 bits per heavy atom. The van der Waals surface area contributed by atoms with Gasteiger partial charge in [-0.15, -0.1) is 5.10 Å². The van der Waals surface area contributed by atoms with E-state index < -0.39 is 0 Å². The van der Waals surface area contributed by atoms with Crippen molar-refractivity contribution in [1.82, 2.24) is 20.3 Å². The lowest BCUT2D eigenvalue weighted by atomic mass is 10.2. The zero-order valence-electron chi connectivity index (χ0n) is 11.0. The summed E-state index contributed by atoms with van der Waals surface area (Å²) in [5, 5.41) is 10.3. The van der Waals surface area contributed by atoms with Crippen LogP contribution < -0.4 is 16.8 Å². The zero-order valence-corrected chi connectivity index (χ0v) is 11.0. The summed E-state index contributed by atoms with van der Waals surface area (Å²) in [6.07, 6.45) is 8.50. The second-order valence-electron chi connectivity index (χ2n) is 4.10. The van der Waals surface area contributed by atoms with Gasteiger partial charge in [-0.2, -0.15) is 0 Å². The number of hydrogen-bond acceptors (Lipinski definition) is 6. The van der Waals surface area contributed by atoms with E-state index in [1.165, 1.54) is 0 Å². The van der Waals surface area contributed by atoms with Gasteiger partial charge in [-0.1, -0.05) is 5.21 Å². The summed E-state index contributed by atoms with van der Waals surface area (Å²) in [4.78, 5) is 10.4. The van der Waals surface area contributed by atoms with Crippen LogP contribution in [-0.4, -0.2) is 28.3 Å². The van der Waals surface area contributed by atoms with Crippen molar-refractivity contribution in [3.63, 3.8) is 0 Å². The number of nitrogens with two attached hydrogens (primary N) is 2. The van der Waals surface area contributed by atoms with E-state index in [9.17, 15) is 4.79 Å². The summed E-state index contributed by atoms with van der Waals surface area (Å²) in [6.45, 7) is 0.725. The Morgan fingerprint density at radius 1 is 1.42 bits per heavy atom. The predicted octanol–water partition coefficient (Wildman–Crippen LogP) is 0.123. The van der Waals surface area contributed by atoms with Gasteiger partial charge in [-0.05, 0) is 31.4 Å². The molecular weight excluding hydrogens is 244 g/mol. The van der Waals surface area contributed by atoms with Gasteiger partial charge in [0, 0.05) is 19.3 Å². The first kappa shape index (κ1) is 14.7. The Bertz CT molecular complexity index is 463. The van der Waals surface area contributed by atoms with Crippen LogP contribution in [-0.2, 0) is 6.54 Å². The fourth-order valence-electron chi connectivity index (χ4n) is 1.44. The molecule has 0 aliphatic heterocycles. The first-order valence-electron chi connectivity index (χ1n) is 6.10.